The number of benzene rings is 1. The molecule has 0 atom stereocenters. The molecule has 0 aliphatic rings. The van der Waals surface area contributed by atoms with Crippen molar-refractivity contribution in [3.05, 3.63) is 28.3 Å². The van der Waals surface area contributed by atoms with Gasteiger partial charge in [-0.1, -0.05) is 11.6 Å². The second kappa shape index (κ2) is 3.62. The molecule has 1 rings (SSSR count). The van der Waals surface area contributed by atoms with E-state index in [1.165, 1.54) is 0 Å². The number of nitrogen functional groups attached to an aromatic ring is 1. The molecule has 82 valence electrons. The molecule has 1 amide bonds. The van der Waals surface area contributed by atoms with Crippen LogP contribution in [0, 0.1) is 0 Å². The van der Waals surface area contributed by atoms with Crippen molar-refractivity contribution in [2.45, 2.75) is 6.18 Å². The quantitative estimate of drug-likeness (QED) is 0.735. The molecule has 0 heterocycles. The monoisotopic (exact) mass is 238 g/mol. The van der Waals surface area contributed by atoms with Gasteiger partial charge < -0.3 is 11.5 Å². The van der Waals surface area contributed by atoms with Crippen LogP contribution in [0.1, 0.15) is 15.9 Å². The van der Waals surface area contributed by atoms with E-state index in [2.05, 4.69) is 0 Å². The maximum atomic E-state index is 12.3. The topological polar surface area (TPSA) is 69.1 Å². The number of carbonyl (C=O) groups excluding carboxylic acids is 1. The van der Waals surface area contributed by atoms with Crippen LogP contribution in [-0.2, 0) is 6.18 Å². The van der Waals surface area contributed by atoms with Crippen LogP contribution in [0.25, 0.3) is 0 Å². The fraction of sp³-hybridized carbons (Fsp3) is 0.125. The zero-order valence-corrected chi connectivity index (χ0v) is 7.99. The Labute approximate surface area is 87.8 Å². The standard InChI is InChI=1S/C8H6ClF3N2O/c9-5-2-3(8(10,11)12)1-4(6(5)13)7(14)15/h1-2H,13H2,(H2,14,15). The highest BCUT2D eigenvalue weighted by molar-refractivity contribution is 6.34. The van der Waals surface area contributed by atoms with Gasteiger partial charge in [0.15, 0.2) is 0 Å². The molecular formula is C8H6ClF3N2O. The van der Waals surface area contributed by atoms with Gasteiger partial charge in [0, 0.05) is 0 Å². The van der Waals surface area contributed by atoms with Gasteiger partial charge in [-0.25, -0.2) is 0 Å². The van der Waals surface area contributed by atoms with Gasteiger partial charge in [0.1, 0.15) is 0 Å². The van der Waals surface area contributed by atoms with E-state index in [4.69, 9.17) is 23.1 Å². The Bertz CT molecular complexity index is 417. The number of carbonyl (C=O) groups is 1. The van der Waals surface area contributed by atoms with Gasteiger partial charge in [0.05, 0.1) is 21.8 Å². The molecule has 4 N–H and O–H groups in total. The van der Waals surface area contributed by atoms with E-state index in [0.29, 0.717) is 12.1 Å². The zero-order chi connectivity index (χ0) is 11.8. The van der Waals surface area contributed by atoms with Crippen LogP contribution < -0.4 is 11.5 Å². The summed E-state index contributed by atoms with van der Waals surface area (Å²) < 4.78 is 36.9. The van der Waals surface area contributed by atoms with Crippen LogP contribution >= 0.6 is 11.6 Å². The number of halogens is 4. The Morgan fingerprint density at radius 3 is 2.27 bits per heavy atom. The van der Waals surface area contributed by atoms with Gasteiger partial charge in [-0.05, 0) is 12.1 Å². The Kier molecular flexibility index (Phi) is 2.81. The second-order valence-electron chi connectivity index (χ2n) is 2.78. The van der Waals surface area contributed by atoms with E-state index in [1.54, 1.807) is 0 Å². The van der Waals surface area contributed by atoms with Crippen molar-refractivity contribution in [1.82, 2.24) is 0 Å². The Morgan fingerprint density at radius 2 is 1.87 bits per heavy atom. The first-order valence-corrected chi connectivity index (χ1v) is 4.07. The third-order valence-electron chi connectivity index (χ3n) is 1.72. The van der Waals surface area contributed by atoms with Gasteiger partial charge in [0.2, 0.25) is 0 Å². The van der Waals surface area contributed by atoms with Crippen LogP contribution in [0.3, 0.4) is 0 Å². The molecule has 7 heteroatoms. The number of nitrogens with two attached hydrogens (primary N) is 2. The van der Waals surface area contributed by atoms with Crippen LogP contribution in [0.2, 0.25) is 5.02 Å². The summed E-state index contributed by atoms with van der Waals surface area (Å²) in [6.45, 7) is 0. The van der Waals surface area contributed by atoms with Crippen LogP contribution in [-0.4, -0.2) is 5.91 Å². The summed E-state index contributed by atoms with van der Waals surface area (Å²) in [5.41, 5.74) is 8.40. The smallest absolute Gasteiger partial charge is 0.397 e. The van der Waals surface area contributed by atoms with Crippen LogP contribution in [0.4, 0.5) is 18.9 Å². The van der Waals surface area contributed by atoms with E-state index < -0.39 is 23.2 Å². The number of rotatable bonds is 1. The third kappa shape index (κ3) is 2.33. The number of anilines is 1. The van der Waals surface area contributed by atoms with Crippen LogP contribution in [0.15, 0.2) is 12.1 Å². The zero-order valence-electron chi connectivity index (χ0n) is 7.23. The van der Waals surface area contributed by atoms with Gasteiger partial charge in [-0.3, -0.25) is 4.79 Å². The first-order chi connectivity index (χ1) is 6.73. The summed E-state index contributed by atoms with van der Waals surface area (Å²) >= 11 is 5.44. The Morgan fingerprint density at radius 1 is 1.33 bits per heavy atom. The molecule has 15 heavy (non-hydrogen) atoms. The summed E-state index contributed by atoms with van der Waals surface area (Å²) in [5, 5.41) is -0.348. The summed E-state index contributed by atoms with van der Waals surface area (Å²) in [4.78, 5) is 10.8. The average Bonchev–Trinajstić information content (AvgIpc) is 2.06. The predicted molar refractivity (Wildman–Crippen MR) is 49.4 cm³/mol. The minimum Gasteiger partial charge on any atom is -0.397 e. The van der Waals surface area contributed by atoms with Crippen molar-refractivity contribution in [3.8, 4) is 0 Å². The van der Waals surface area contributed by atoms with Gasteiger partial charge >= 0.3 is 6.18 Å². The lowest BCUT2D eigenvalue weighted by molar-refractivity contribution is -0.137. The highest BCUT2D eigenvalue weighted by atomic mass is 35.5. The highest BCUT2D eigenvalue weighted by Gasteiger charge is 2.32. The fourth-order valence-electron chi connectivity index (χ4n) is 0.985. The molecule has 0 saturated heterocycles. The van der Waals surface area contributed by atoms with Gasteiger partial charge in [-0.15, -0.1) is 0 Å². The van der Waals surface area contributed by atoms with Crippen LogP contribution in [0.5, 0.6) is 0 Å². The van der Waals surface area contributed by atoms with E-state index in [-0.39, 0.29) is 10.7 Å². The van der Waals surface area contributed by atoms with Crippen molar-refractivity contribution in [2.75, 3.05) is 5.73 Å². The third-order valence-corrected chi connectivity index (χ3v) is 2.04. The SMILES string of the molecule is NC(=O)c1cc(C(F)(F)F)cc(Cl)c1N. The lowest BCUT2D eigenvalue weighted by atomic mass is 10.1. The molecule has 1 aromatic rings. The number of hydrogen-bond acceptors (Lipinski definition) is 2. The number of primary amides is 1. The van der Waals surface area contributed by atoms with Gasteiger partial charge in [-0.2, -0.15) is 13.2 Å². The molecule has 0 unspecified atom stereocenters. The largest absolute Gasteiger partial charge is 0.416 e. The number of hydrogen-bond donors (Lipinski definition) is 2. The van der Waals surface area contributed by atoms with Crippen molar-refractivity contribution in [3.63, 3.8) is 0 Å². The molecular weight excluding hydrogens is 233 g/mol. The summed E-state index contributed by atoms with van der Waals surface area (Å²) in [5.74, 6) is -1.06. The molecule has 0 fully saturated rings. The first-order valence-electron chi connectivity index (χ1n) is 3.69. The molecule has 0 saturated carbocycles. The van der Waals surface area contributed by atoms with E-state index in [1.807, 2.05) is 0 Å². The molecule has 0 aliphatic carbocycles. The molecule has 0 radical (unpaired) electrons. The van der Waals surface area contributed by atoms with E-state index in [0.717, 1.165) is 0 Å². The minimum atomic E-state index is -4.60. The molecule has 1 aromatic carbocycles. The van der Waals surface area contributed by atoms with E-state index >= 15 is 0 Å². The number of amides is 1. The van der Waals surface area contributed by atoms with Crippen molar-refractivity contribution in [2.24, 2.45) is 5.73 Å². The normalized spacial score (nSPS) is 11.5. The molecule has 0 aromatic heterocycles. The Balaban J connectivity index is 3.43. The molecule has 0 spiro atoms. The van der Waals surface area contributed by atoms with Gasteiger partial charge in [0.25, 0.3) is 5.91 Å². The van der Waals surface area contributed by atoms with E-state index in [9.17, 15) is 18.0 Å². The second-order valence-corrected chi connectivity index (χ2v) is 3.19. The minimum absolute atomic E-state index is 0.253. The fourth-order valence-corrected chi connectivity index (χ4v) is 1.20. The summed E-state index contributed by atoms with van der Waals surface area (Å²) in [7, 11) is 0. The Hall–Kier alpha value is -1.43. The molecule has 0 aliphatic heterocycles. The summed E-state index contributed by atoms with van der Waals surface area (Å²) in [6, 6.07) is 1.22. The van der Waals surface area contributed by atoms with Crippen molar-refractivity contribution >= 4 is 23.2 Å². The lowest BCUT2D eigenvalue weighted by Crippen LogP contribution is -2.16. The maximum absolute atomic E-state index is 12.3. The first kappa shape index (κ1) is 11.6. The van der Waals surface area contributed by atoms with Crippen molar-refractivity contribution in [1.29, 1.82) is 0 Å². The molecule has 3 nitrogen and oxygen atoms in total. The molecule has 0 bridgehead atoms. The van der Waals surface area contributed by atoms with Crippen molar-refractivity contribution < 1.29 is 18.0 Å². The average molecular weight is 239 g/mol. The lowest BCUT2D eigenvalue weighted by Gasteiger charge is -2.10. The highest BCUT2D eigenvalue weighted by Crippen LogP contribution is 2.34. The summed E-state index contributed by atoms with van der Waals surface area (Å²) in [6.07, 6.45) is -4.60. The maximum Gasteiger partial charge on any atom is 0.416 e. The predicted octanol–water partition coefficient (Wildman–Crippen LogP) is 2.04. The number of alkyl halides is 3.